The van der Waals surface area contributed by atoms with Crippen molar-refractivity contribution in [3.63, 3.8) is 0 Å². The normalized spacial score (nSPS) is 18.2. The van der Waals surface area contributed by atoms with Crippen LogP contribution in [-0.4, -0.2) is 44.3 Å². The zero-order valence-electron chi connectivity index (χ0n) is 23.3. The van der Waals surface area contributed by atoms with Crippen LogP contribution in [0.25, 0.3) is 0 Å². The van der Waals surface area contributed by atoms with Crippen molar-refractivity contribution in [2.24, 2.45) is 11.8 Å². The average molecular weight is 503 g/mol. The fourth-order valence-corrected chi connectivity index (χ4v) is 6.18. The summed E-state index contributed by atoms with van der Waals surface area (Å²) in [6.45, 7) is 13.8. The molecule has 0 aliphatic carbocycles. The number of likely N-dealkylation sites (tertiary alicyclic amines) is 1. The van der Waals surface area contributed by atoms with E-state index in [-0.39, 0.29) is 0 Å². The number of nitrogens with zero attached hydrogens (tertiary/aromatic N) is 1. The van der Waals surface area contributed by atoms with Gasteiger partial charge in [-0.1, -0.05) is 105 Å². The van der Waals surface area contributed by atoms with E-state index in [9.17, 15) is 4.57 Å². The molecule has 1 aliphatic heterocycles. The molecule has 1 aliphatic rings. The molecule has 1 N–H and O–H groups in total. The molecule has 0 amide bonds. The van der Waals surface area contributed by atoms with Crippen LogP contribution in [-0.2, 0) is 13.6 Å². The molecule has 1 rings (SSSR count). The molecule has 6 heteroatoms. The van der Waals surface area contributed by atoms with Crippen LogP contribution in [0.4, 0.5) is 0 Å². The molecular weight excluding hydrogens is 443 g/mol. The van der Waals surface area contributed by atoms with E-state index >= 15 is 0 Å². The van der Waals surface area contributed by atoms with E-state index in [1.807, 2.05) is 0 Å². The topological polar surface area (TPSA) is 50.8 Å². The predicted octanol–water partition coefficient (Wildman–Crippen LogP) is 8.59. The largest absolute Gasteiger partial charge is 0.405 e. The molecule has 1 heterocycles. The first-order valence-electron chi connectivity index (χ1n) is 14.9. The maximum Gasteiger partial charge on any atom is 0.405 e. The molecule has 2 unspecified atom stereocenters. The fraction of sp³-hybridized carbons (Fsp3) is 1.00. The molecular formula is C28H59N2O3P. The molecule has 0 aromatic carbocycles. The molecule has 0 saturated carbocycles. The van der Waals surface area contributed by atoms with Crippen molar-refractivity contribution < 1.29 is 13.6 Å². The molecule has 1 fully saturated rings. The highest BCUT2D eigenvalue weighted by Gasteiger charge is 2.26. The van der Waals surface area contributed by atoms with Gasteiger partial charge in [-0.25, -0.2) is 9.65 Å². The highest BCUT2D eigenvalue weighted by Crippen LogP contribution is 2.44. The van der Waals surface area contributed by atoms with Gasteiger partial charge in [0, 0.05) is 13.1 Å². The van der Waals surface area contributed by atoms with Gasteiger partial charge in [0.15, 0.2) is 0 Å². The minimum absolute atomic E-state index is 0.407. The third kappa shape index (κ3) is 17.5. The molecule has 0 aromatic rings. The number of unbranched alkanes of at least 4 members (excludes halogenated alkanes) is 10. The summed E-state index contributed by atoms with van der Waals surface area (Å²) in [6.07, 6.45) is 20.5. The SMILES string of the molecule is CCCCCCCCC(C)COP(=O)(NCCN1CCCC1)OCC(C)CCCCCCCC. The van der Waals surface area contributed by atoms with Gasteiger partial charge in [-0.05, 0) is 50.6 Å². The van der Waals surface area contributed by atoms with Crippen molar-refractivity contribution in [1.29, 1.82) is 0 Å². The minimum atomic E-state index is -3.27. The first-order valence-corrected chi connectivity index (χ1v) is 16.4. The molecule has 2 atom stereocenters. The molecule has 0 aromatic heterocycles. The monoisotopic (exact) mass is 502 g/mol. The van der Waals surface area contributed by atoms with Crippen LogP contribution in [0.2, 0.25) is 0 Å². The van der Waals surface area contributed by atoms with Gasteiger partial charge in [0.25, 0.3) is 0 Å². The van der Waals surface area contributed by atoms with Gasteiger partial charge >= 0.3 is 7.75 Å². The van der Waals surface area contributed by atoms with Crippen LogP contribution in [0.15, 0.2) is 0 Å². The zero-order chi connectivity index (χ0) is 24.9. The van der Waals surface area contributed by atoms with Gasteiger partial charge in [0.2, 0.25) is 0 Å². The first kappa shape index (κ1) is 32.1. The van der Waals surface area contributed by atoms with Crippen LogP contribution in [0, 0.1) is 11.8 Å². The van der Waals surface area contributed by atoms with Gasteiger partial charge in [-0.2, -0.15) is 0 Å². The number of rotatable bonds is 24. The molecule has 34 heavy (non-hydrogen) atoms. The summed E-state index contributed by atoms with van der Waals surface area (Å²) in [5.74, 6) is 0.813. The summed E-state index contributed by atoms with van der Waals surface area (Å²) in [7, 11) is -3.27. The van der Waals surface area contributed by atoms with Crippen LogP contribution >= 0.6 is 7.75 Å². The summed E-state index contributed by atoms with van der Waals surface area (Å²) < 4.78 is 25.5. The van der Waals surface area contributed by atoms with Crippen molar-refractivity contribution >= 4 is 7.75 Å². The van der Waals surface area contributed by atoms with Crippen molar-refractivity contribution in [2.75, 3.05) is 39.4 Å². The van der Waals surface area contributed by atoms with Crippen molar-refractivity contribution in [1.82, 2.24) is 9.99 Å². The summed E-state index contributed by atoms with van der Waals surface area (Å²) in [6, 6.07) is 0. The van der Waals surface area contributed by atoms with Crippen LogP contribution in [0.3, 0.4) is 0 Å². The summed E-state index contributed by atoms with van der Waals surface area (Å²) in [5.41, 5.74) is 0. The van der Waals surface area contributed by atoms with Crippen molar-refractivity contribution in [3.05, 3.63) is 0 Å². The van der Waals surface area contributed by atoms with Crippen molar-refractivity contribution in [3.8, 4) is 0 Å². The molecule has 0 radical (unpaired) electrons. The second-order valence-corrected chi connectivity index (χ2v) is 12.7. The van der Waals surface area contributed by atoms with E-state index in [4.69, 9.17) is 9.05 Å². The maximum absolute atomic E-state index is 13.5. The number of nitrogens with one attached hydrogen (secondary N) is 1. The van der Waals surface area contributed by atoms with E-state index in [0.717, 1.165) is 32.5 Å². The van der Waals surface area contributed by atoms with Gasteiger partial charge < -0.3 is 4.90 Å². The quantitative estimate of drug-likeness (QED) is 0.106. The van der Waals surface area contributed by atoms with Crippen LogP contribution in [0.1, 0.15) is 130 Å². The van der Waals surface area contributed by atoms with Gasteiger partial charge in [-0.15, -0.1) is 0 Å². The van der Waals surface area contributed by atoms with Gasteiger partial charge in [-0.3, -0.25) is 9.05 Å². The Bertz CT molecular complexity index is 470. The fourth-order valence-electron chi connectivity index (χ4n) is 4.64. The second kappa shape index (κ2) is 21.2. The number of hydrogen-bond donors (Lipinski definition) is 1. The Kier molecular flexibility index (Phi) is 20.0. The molecule has 204 valence electrons. The van der Waals surface area contributed by atoms with E-state index in [0.29, 0.717) is 31.6 Å². The van der Waals surface area contributed by atoms with Crippen LogP contribution in [0.5, 0.6) is 0 Å². The van der Waals surface area contributed by atoms with E-state index in [1.54, 1.807) is 0 Å². The zero-order valence-corrected chi connectivity index (χ0v) is 24.2. The lowest BCUT2D eigenvalue weighted by molar-refractivity contribution is 0.153. The molecule has 0 bridgehead atoms. The molecule has 1 saturated heterocycles. The summed E-state index contributed by atoms with van der Waals surface area (Å²) in [5, 5.41) is 3.18. The van der Waals surface area contributed by atoms with E-state index < -0.39 is 7.75 Å². The Labute approximate surface area is 213 Å². The predicted molar refractivity (Wildman–Crippen MR) is 148 cm³/mol. The third-order valence-electron chi connectivity index (χ3n) is 7.09. The Balaban J connectivity index is 2.35. The molecule has 0 spiro atoms. The lowest BCUT2D eigenvalue weighted by atomic mass is 10.0. The van der Waals surface area contributed by atoms with Crippen molar-refractivity contribution in [2.45, 2.75) is 130 Å². The smallest absolute Gasteiger partial charge is 0.302 e. The Hall–Kier alpha value is 0.0700. The highest BCUT2D eigenvalue weighted by molar-refractivity contribution is 7.51. The number of hydrogen-bond acceptors (Lipinski definition) is 4. The standard InChI is InChI=1S/C28H59N2O3P/c1-5-7-9-11-13-15-19-27(3)25-32-34(31,29-21-24-30-22-17-18-23-30)33-26-28(4)20-16-14-12-10-8-6-2/h27-28H,5-26H2,1-4H3,(H,29,31). The average Bonchev–Trinajstić information content (AvgIpc) is 3.34. The highest BCUT2D eigenvalue weighted by atomic mass is 31.2. The van der Waals surface area contributed by atoms with Gasteiger partial charge in [0.05, 0.1) is 13.2 Å². The van der Waals surface area contributed by atoms with Gasteiger partial charge in [0.1, 0.15) is 0 Å². The molecule has 5 nitrogen and oxygen atoms in total. The van der Waals surface area contributed by atoms with E-state index in [2.05, 4.69) is 37.7 Å². The lowest BCUT2D eigenvalue weighted by Crippen LogP contribution is -2.30. The Morgan fingerprint density at radius 2 is 1.18 bits per heavy atom. The minimum Gasteiger partial charge on any atom is -0.302 e. The Morgan fingerprint density at radius 3 is 1.65 bits per heavy atom. The lowest BCUT2D eigenvalue weighted by Gasteiger charge is -2.24. The third-order valence-corrected chi connectivity index (χ3v) is 8.68. The summed E-state index contributed by atoms with van der Waals surface area (Å²) in [4.78, 5) is 2.43. The summed E-state index contributed by atoms with van der Waals surface area (Å²) >= 11 is 0. The first-order chi connectivity index (χ1) is 16.5. The second-order valence-electron chi connectivity index (χ2n) is 10.9. The van der Waals surface area contributed by atoms with Crippen LogP contribution < -0.4 is 5.09 Å². The maximum atomic E-state index is 13.5. The van der Waals surface area contributed by atoms with E-state index in [1.165, 1.54) is 89.9 Å². The Morgan fingerprint density at radius 1 is 0.735 bits per heavy atom.